The first-order valence-corrected chi connectivity index (χ1v) is 11.8. The molecule has 4 rings (SSSR count). The lowest BCUT2D eigenvalue weighted by Gasteiger charge is -2.36. The second-order valence-electron chi connectivity index (χ2n) is 11.8. The van der Waals surface area contributed by atoms with E-state index >= 15 is 0 Å². The van der Waals surface area contributed by atoms with Crippen LogP contribution in [-0.4, -0.2) is 59.5 Å². The van der Waals surface area contributed by atoms with E-state index in [1.54, 1.807) is 11.2 Å². The Morgan fingerprint density at radius 1 is 1.00 bits per heavy atom. The van der Waals surface area contributed by atoms with E-state index in [1.807, 2.05) is 20.8 Å². The highest BCUT2D eigenvalue weighted by Crippen LogP contribution is 2.52. The predicted molar refractivity (Wildman–Crippen MR) is 132 cm³/mol. The van der Waals surface area contributed by atoms with Gasteiger partial charge in [-0.05, 0) is 37.7 Å². The zero-order valence-corrected chi connectivity index (χ0v) is 20.7. The van der Waals surface area contributed by atoms with Crippen LogP contribution in [0.5, 0.6) is 0 Å². The summed E-state index contributed by atoms with van der Waals surface area (Å²) in [5.74, 6) is 0.970. The van der Waals surface area contributed by atoms with Crippen molar-refractivity contribution in [3.63, 3.8) is 0 Å². The van der Waals surface area contributed by atoms with Crippen molar-refractivity contribution in [3.8, 4) is 0 Å². The lowest BCUT2D eigenvalue weighted by Crippen LogP contribution is -2.50. The van der Waals surface area contributed by atoms with Crippen LogP contribution in [0.1, 0.15) is 48.5 Å². The Morgan fingerprint density at radius 3 is 2.22 bits per heavy atom. The summed E-state index contributed by atoms with van der Waals surface area (Å²) in [6.45, 7) is 18.6. The molecule has 0 atom stereocenters. The van der Waals surface area contributed by atoms with Crippen LogP contribution in [-0.2, 0) is 4.74 Å². The predicted octanol–water partition coefficient (Wildman–Crippen LogP) is 4.45. The van der Waals surface area contributed by atoms with Crippen molar-refractivity contribution in [2.75, 3.05) is 31.1 Å². The Labute approximate surface area is 192 Å². The van der Waals surface area contributed by atoms with Gasteiger partial charge in [-0.3, -0.25) is 0 Å². The van der Waals surface area contributed by atoms with Crippen molar-refractivity contribution >= 4 is 35.0 Å². The zero-order chi connectivity index (χ0) is 23.3. The van der Waals surface area contributed by atoms with Gasteiger partial charge in [-0.2, -0.15) is 0 Å². The van der Waals surface area contributed by atoms with Crippen molar-refractivity contribution in [2.24, 2.45) is 10.8 Å². The largest absolute Gasteiger partial charge is 0.444 e. The van der Waals surface area contributed by atoms with Crippen LogP contribution >= 0.6 is 0 Å². The molecule has 2 aliphatic rings. The number of hydrogen-bond donors (Lipinski definition) is 0. The van der Waals surface area contributed by atoms with Gasteiger partial charge in [0.1, 0.15) is 17.7 Å². The number of amides is 1. The van der Waals surface area contributed by atoms with Gasteiger partial charge in [0.2, 0.25) is 0 Å². The average molecular weight is 436 g/mol. The summed E-state index contributed by atoms with van der Waals surface area (Å²) in [6.07, 6.45) is 3.81. The highest BCUT2D eigenvalue weighted by atomic mass is 16.6. The van der Waals surface area contributed by atoms with Crippen molar-refractivity contribution < 1.29 is 9.53 Å². The van der Waals surface area contributed by atoms with E-state index < -0.39 is 5.60 Å². The molecule has 0 bridgehead atoms. The highest BCUT2D eigenvalue weighted by molar-refractivity contribution is 6.74. The number of aromatic nitrogens is 2. The topological polar surface area (TPSA) is 58.6 Å². The standard InChI is InChI=1S/C25H37BN4O2/c1-23(2,3)32-22(31)30-12-10-29(11-13-30)21-19-14-18(8-9-20(19)27-17-28-21)26-15-24(4,5)25(6,7)16-26/h8-9,14,17H,10-13,15-16H2,1-7H3. The summed E-state index contributed by atoms with van der Waals surface area (Å²) >= 11 is 0. The van der Waals surface area contributed by atoms with E-state index in [4.69, 9.17) is 4.74 Å². The van der Waals surface area contributed by atoms with Crippen LogP contribution in [0.15, 0.2) is 24.5 Å². The minimum Gasteiger partial charge on any atom is -0.444 e. The number of carbonyl (C=O) groups is 1. The first kappa shape index (κ1) is 22.9. The molecule has 0 spiro atoms. The van der Waals surface area contributed by atoms with Crippen molar-refractivity contribution in [1.82, 2.24) is 14.9 Å². The first-order valence-electron chi connectivity index (χ1n) is 11.8. The molecule has 2 aromatic rings. The molecule has 172 valence electrons. The third-order valence-electron chi connectivity index (χ3n) is 7.69. The summed E-state index contributed by atoms with van der Waals surface area (Å²) in [5, 5.41) is 1.11. The minimum absolute atomic E-state index is 0.238. The van der Waals surface area contributed by atoms with Crippen LogP contribution in [0.25, 0.3) is 10.9 Å². The van der Waals surface area contributed by atoms with Gasteiger partial charge < -0.3 is 14.5 Å². The van der Waals surface area contributed by atoms with Gasteiger partial charge >= 0.3 is 6.09 Å². The molecule has 0 unspecified atom stereocenters. The molecule has 1 amide bonds. The lowest BCUT2D eigenvalue weighted by molar-refractivity contribution is 0.0240. The number of nitrogens with zero attached hydrogens (tertiary/aromatic N) is 4. The van der Waals surface area contributed by atoms with Gasteiger partial charge in [-0.1, -0.05) is 57.9 Å². The van der Waals surface area contributed by atoms with Crippen LogP contribution in [0.4, 0.5) is 10.6 Å². The molecule has 0 saturated carbocycles. The fourth-order valence-corrected chi connectivity index (χ4v) is 5.09. The quantitative estimate of drug-likeness (QED) is 0.651. The molecule has 2 saturated heterocycles. The summed E-state index contributed by atoms with van der Waals surface area (Å²) in [4.78, 5) is 25.7. The monoisotopic (exact) mass is 436 g/mol. The molecule has 1 aromatic carbocycles. The maximum Gasteiger partial charge on any atom is 0.410 e. The number of fused-ring (bicyclic) bond motifs is 1. The van der Waals surface area contributed by atoms with Crippen LogP contribution < -0.4 is 10.4 Å². The van der Waals surface area contributed by atoms with Crippen LogP contribution in [0, 0.1) is 10.8 Å². The zero-order valence-electron chi connectivity index (χ0n) is 20.7. The van der Waals surface area contributed by atoms with E-state index in [0.29, 0.717) is 30.6 Å². The van der Waals surface area contributed by atoms with Crippen LogP contribution in [0.3, 0.4) is 0 Å². The van der Waals surface area contributed by atoms with Crippen molar-refractivity contribution in [1.29, 1.82) is 0 Å². The SMILES string of the molecule is CC(C)(C)OC(=O)N1CCN(c2ncnc3ccc(B4CC(C)(C)C(C)(C)C4)cc23)CC1. The fourth-order valence-electron chi connectivity index (χ4n) is 5.09. The second kappa shape index (κ2) is 7.93. The molecule has 0 N–H and O–H groups in total. The number of ether oxygens (including phenoxy) is 1. The number of anilines is 1. The molecular formula is C25H37BN4O2. The van der Waals surface area contributed by atoms with E-state index in [1.165, 1.54) is 18.1 Å². The summed E-state index contributed by atoms with van der Waals surface area (Å²) < 4.78 is 5.54. The smallest absolute Gasteiger partial charge is 0.410 e. The maximum absolute atomic E-state index is 12.4. The minimum atomic E-state index is -0.475. The lowest BCUT2D eigenvalue weighted by atomic mass is 9.42. The third kappa shape index (κ3) is 4.44. The molecule has 7 heteroatoms. The van der Waals surface area contributed by atoms with Gasteiger partial charge in [0.15, 0.2) is 6.71 Å². The molecule has 2 aliphatic heterocycles. The van der Waals surface area contributed by atoms with Gasteiger partial charge in [0, 0.05) is 31.6 Å². The fraction of sp³-hybridized carbons (Fsp3) is 0.640. The first-order chi connectivity index (χ1) is 14.9. The average Bonchev–Trinajstić information content (AvgIpc) is 2.93. The number of rotatable bonds is 2. The second-order valence-corrected chi connectivity index (χ2v) is 11.8. The van der Waals surface area contributed by atoms with Gasteiger partial charge in [0.05, 0.1) is 5.52 Å². The Kier molecular flexibility index (Phi) is 5.67. The maximum atomic E-state index is 12.4. The van der Waals surface area contributed by atoms with Gasteiger partial charge in [-0.15, -0.1) is 0 Å². The summed E-state index contributed by atoms with van der Waals surface area (Å²) in [6, 6.07) is 6.71. The molecule has 3 heterocycles. The molecule has 1 aromatic heterocycles. The molecule has 0 aliphatic carbocycles. The number of benzene rings is 1. The Hall–Kier alpha value is -2.31. The van der Waals surface area contributed by atoms with Crippen molar-refractivity contribution in [2.45, 2.75) is 66.7 Å². The number of hydrogen-bond acceptors (Lipinski definition) is 5. The number of piperazine rings is 1. The Bertz CT molecular complexity index is 991. The van der Waals surface area contributed by atoms with Crippen LogP contribution in [0.2, 0.25) is 12.6 Å². The molecule has 32 heavy (non-hydrogen) atoms. The van der Waals surface area contributed by atoms with Gasteiger partial charge in [0.25, 0.3) is 0 Å². The Balaban J connectivity index is 1.54. The van der Waals surface area contributed by atoms with Crippen molar-refractivity contribution in [3.05, 3.63) is 24.5 Å². The van der Waals surface area contributed by atoms with E-state index in [-0.39, 0.29) is 6.09 Å². The Morgan fingerprint density at radius 2 is 1.62 bits per heavy atom. The molecular weight excluding hydrogens is 399 g/mol. The van der Waals surface area contributed by atoms with E-state index in [0.717, 1.165) is 29.8 Å². The van der Waals surface area contributed by atoms with E-state index in [9.17, 15) is 4.79 Å². The van der Waals surface area contributed by atoms with E-state index in [2.05, 4.69) is 60.8 Å². The molecule has 6 nitrogen and oxygen atoms in total. The summed E-state index contributed by atoms with van der Waals surface area (Å²) in [7, 11) is 0. The van der Waals surface area contributed by atoms with Gasteiger partial charge in [-0.25, -0.2) is 14.8 Å². The molecule has 2 fully saturated rings. The number of carbonyl (C=O) groups excluding carboxylic acids is 1. The summed E-state index contributed by atoms with van der Waals surface area (Å²) in [5.41, 5.74) is 2.53. The third-order valence-corrected chi connectivity index (χ3v) is 7.69. The highest BCUT2D eigenvalue weighted by Gasteiger charge is 2.48. The normalized spacial score (nSPS) is 20.7. The molecule has 0 radical (unpaired) electrons.